The molecule has 1 aliphatic heterocycles. The summed E-state index contributed by atoms with van der Waals surface area (Å²) >= 11 is 0. The molecule has 19 heavy (non-hydrogen) atoms. The summed E-state index contributed by atoms with van der Waals surface area (Å²) in [5.41, 5.74) is 0.510. The first-order valence-electron chi connectivity index (χ1n) is 5.64. The van der Waals surface area contributed by atoms with Crippen molar-refractivity contribution >= 4 is 17.3 Å². The molecule has 0 atom stereocenters. The normalized spacial score (nSPS) is 13.7. The molecule has 6 nitrogen and oxygen atoms in total. The van der Waals surface area contributed by atoms with Gasteiger partial charge >= 0.3 is 0 Å². The molecule has 1 fully saturated rings. The van der Waals surface area contributed by atoms with E-state index < -0.39 is 28.0 Å². The van der Waals surface area contributed by atoms with E-state index in [-0.39, 0.29) is 0 Å². The number of nitro benzene ring substituents is 1. The van der Waals surface area contributed by atoms with Crippen LogP contribution in [-0.4, -0.2) is 23.9 Å². The fourth-order valence-electron chi connectivity index (χ4n) is 1.67. The second-order valence-electron chi connectivity index (χ2n) is 4.18. The van der Waals surface area contributed by atoms with Crippen molar-refractivity contribution in [1.82, 2.24) is 5.32 Å². The smallest absolute Gasteiger partial charge is 0.295 e. The van der Waals surface area contributed by atoms with Gasteiger partial charge in [0.25, 0.3) is 11.6 Å². The molecule has 1 amide bonds. The lowest BCUT2D eigenvalue weighted by atomic mass is 10.0. The molecule has 100 valence electrons. The molecule has 0 unspecified atom stereocenters. The van der Waals surface area contributed by atoms with E-state index in [1.807, 2.05) is 0 Å². The maximum Gasteiger partial charge on any atom is 0.295 e. The highest BCUT2D eigenvalue weighted by molar-refractivity contribution is 6.05. The molecule has 2 N–H and O–H groups in total. The number of rotatable bonds is 3. The van der Waals surface area contributed by atoms with Gasteiger partial charge < -0.3 is 10.6 Å². The van der Waals surface area contributed by atoms with Gasteiger partial charge in [-0.3, -0.25) is 14.9 Å². The zero-order chi connectivity index (χ0) is 14.0. The average Bonchev–Trinajstić information content (AvgIpc) is 2.28. The first-order chi connectivity index (χ1) is 9.00. The van der Waals surface area contributed by atoms with Gasteiger partial charge in [-0.25, -0.2) is 4.39 Å². The SMILES string of the molecule is CC(C(=O)Nc1c(F)cccc1[N+](=O)[O-])=C1CNC1. The van der Waals surface area contributed by atoms with Gasteiger partial charge in [0, 0.05) is 24.7 Å². The van der Waals surface area contributed by atoms with Crippen LogP contribution in [0.25, 0.3) is 0 Å². The summed E-state index contributed by atoms with van der Waals surface area (Å²) in [7, 11) is 0. The first kappa shape index (κ1) is 13.2. The van der Waals surface area contributed by atoms with E-state index in [4.69, 9.17) is 0 Å². The molecule has 0 bridgehead atoms. The number of carbonyl (C=O) groups is 1. The Bertz CT molecular complexity index is 578. The van der Waals surface area contributed by atoms with Crippen LogP contribution in [0.4, 0.5) is 15.8 Å². The maximum atomic E-state index is 13.6. The van der Waals surface area contributed by atoms with Crippen molar-refractivity contribution in [3.8, 4) is 0 Å². The van der Waals surface area contributed by atoms with Crippen molar-refractivity contribution in [3.63, 3.8) is 0 Å². The Balaban J connectivity index is 2.28. The summed E-state index contributed by atoms with van der Waals surface area (Å²) in [6.45, 7) is 2.83. The molecule has 2 rings (SSSR count). The summed E-state index contributed by atoms with van der Waals surface area (Å²) < 4.78 is 13.6. The summed E-state index contributed by atoms with van der Waals surface area (Å²) in [6.07, 6.45) is 0. The monoisotopic (exact) mass is 265 g/mol. The Kier molecular flexibility index (Phi) is 3.57. The van der Waals surface area contributed by atoms with Crippen molar-refractivity contribution in [1.29, 1.82) is 0 Å². The third kappa shape index (κ3) is 2.60. The lowest BCUT2D eigenvalue weighted by Crippen LogP contribution is -2.36. The van der Waals surface area contributed by atoms with Crippen LogP contribution >= 0.6 is 0 Å². The topological polar surface area (TPSA) is 84.3 Å². The third-order valence-corrected chi connectivity index (χ3v) is 2.97. The minimum absolute atomic E-state index is 0.398. The highest BCUT2D eigenvalue weighted by atomic mass is 19.1. The number of amides is 1. The molecular formula is C12H12FN3O3. The molecule has 0 aliphatic carbocycles. The average molecular weight is 265 g/mol. The third-order valence-electron chi connectivity index (χ3n) is 2.97. The van der Waals surface area contributed by atoms with Crippen molar-refractivity contribution in [2.75, 3.05) is 18.4 Å². The Morgan fingerprint density at radius 3 is 2.68 bits per heavy atom. The van der Waals surface area contributed by atoms with Crippen molar-refractivity contribution in [3.05, 3.63) is 45.3 Å². The molecular weight excluding hydrogens is 253 g/mol. The molecule has 0 spiro atoms. The van der Waals surface area contributed by atoms with Crippen LogP contribution in [-0.2, 0) is 4.79 Å². The van der Waals surface area contributed by atoms with E-state index in [2.05, 4.69) is 10.6 Å². The maximum absolute atomic E-state index is 13.6. The van der Waals surface area contributed by atoms with Crippen LogP contribution in [0.15, 0.2) is 29.3 Å². The standard InChI is InChI=1S/C12H12FN3O3/c1-7(8-5-14-6-8)12(17)15-11-9(13)3-2-4-10(11)16(18)19/h2-4,14H,5-6H2,1H3,(H,15,17). The Morgan fingerprint density at radius 1 is 1.47 bits per heavy atom. The summed E-state index contributed by atoms with van der Waals surface area (Å²) in [6, 6.07) is 3.44. The van der Waals surface area contributed by atoms with Gasteiger partial charge in [-0.2, -0.15) is 0 Å². The largest absolute Gasteiger partial charge is 0.314 e. The lowest BCUT2D eigenvalue weighted by Gasteiger charge is -2.21. The molecule has 0 saturated carbocycles. The van der Waals surface area contributed by atoms with Crippen molar-refractivity contribution < 1.29 is 14.1 Å². The Labute approximate surface area is 108 Å². The quantitative estimate of drug-likeness (QED) is 0.494. The van der Waals surface area contributed by atoms with E-state index >= 15 is 0 Å². The molecule has 1 aliphatic rings. The number of hydrogen-bond acceptors (Lipinski definition) is 4. The molecule has 1 saturated heterocycles. The Hall–Kier alpha value is -2.28. The molecule has 1 aromatic rings. The predicted molar refractivity (Wildman–Crippen MR) is 67.3 cm³/mol. The van der Waals surface area contributed by atoms with Gasteiger partial charge in [-0.15, -0.1) is 0 Å². The van der Waals surface area contributed by atoms with Crippen LogP contribution in [0.3, 0.4) is 0 Å². The molecule has 0 aromatic heterocycles. The van der Waals surface area contributed by atoms with Gasteiger partial charge in [0.15, 0.2) is 11.5 Å². The zero-order valence-corrected chi connectivity index (χ0v) is 10.2. The lowest BCUT2D eigenvalue weighted by molar-refractivity contribution is -0.384. The van der Waals surface area contributed by atoms with E-state index in [1.54, 1.807) is 6.92 Å². The van der Waals surface area contributed by atoms with Crippen LogP contribution in [0.1, 0.15) is 6.92 Å². The van der Waals surface area contributed by atoms with E-state index in [1.165, 1.54) is 6.07 Å². The number of halogens is 1. The summed E-state index contributed by atoms with van der Waals surface area (Å²) in [5.74, 6) is -1.35. The highest BCUT2D eigenvalue weighted by Crippen LogP contribution is 2.27. The van der Waals surface area contributed by atoms with Crippen LogP contribution in [0.2, 0.25) is 0 Å². The fourth-order valence-corrected chi connectivity index (χ4v) is 1.67. The second-order valence-corrected chi connectivity index (χ2v) is 4.18. The van der Waals surface area contributed by atoms with Gasteiger partial charge in [0.2, 0.25) is 0 Å². The van der Waals surface area contributed by atoms with Crippen molar-refractivity contribution in [2.45, 2.75) is 6.92 Å². The molecule has 1 heterocycles. The molecule has 1 aromatic carbocycles. The number of hydrogen-bond donors (Lipinski definition) is 2. The number of nitrogens with zero attached hydrogens (tertiary/aromatic N) is 1. The summed E-state index contributed by atoms with van der Waals surface area (Å²) in [4.78, 5) is 21.9. The minimum atomic E-state index is -0.827. The van der Waals surface area contributed by atoms with Crippen LogP contribution < -0.4 is 10.6 Å². The number of carbonyl (C=O) groups excluding carboxylic acids is 1. The number of nitrogens with one attached hydrogen (secondary N) is 2. The number of anilines is 1. The second kappa shape index (κ2) is 5.15. The fraction of sp³-hybridized carbons (Fsp3) is 0.250. The van der Waals surface area contributed by atoms with Gasteiger partial charge in [0.05, 0.1) is 4.92 Å². The van der Waals surface area contributed by atoms with Gasteiger partial charge in [-0.05, 0) is 18.6 Å². The number of benzene rings is 1. The highest BCUT2D eigenvalue weighted by Gasteiger charge is 2.22. The number of nitro groups is 1. The van der Waals surface area contributed by atoms with Gasteiger partial charge in [-0.1, -0.05) is 6.07 Å². The molecule has 0 radical (unpaired) electrons. The van der Waals surface area contributed by atoms with E-state index in [9.17, 15) is 19.3 Å². The first-order valence-corrected chi connectivity index (χ1v) is 5.64. The van der Waals surface area contributed by atoms with Crippen LogP contribution in [0.5, 0.6) is 0 Å². The number of para-hydroxylation sites is 1. The summed E-state index contributed by atoms with van der Waals surface area (Å²) in [5, 5.41) is 16.0. The van der Waals surface area contributed by atoms with Crippen LogP contribution in [0, 0.1) is 15.9 Å². The molecule has 7 heteroatoms. The predicted octanol–water partition coefficient (Wildman–Crippen LogP) is 1.59. The minimum Gasteiger partial charge on any atom is -0.314 e. The van der Waals surface area contributed by atoms with Gasteiger partial charge in [0.1, 0.15) is 0 Å². The Morgan fingerprint density at radius 2 is 2.16 bits per heavy atom. The van der Waals surface area contributed by atoms with Crippen molar-refractivity contribution in [2.24, 2.45) is 0 Å². The van der Waals surface area contributed by atoms with E-state index in [0.717, 1.165) is 17.7 Å². The zero-order valence-electron chi connectivity index (χ0n) is 10.2. The van der Waals surface area contributed by atoms with E-state index in [0.29, 0.717) is 18.7 Å².